The zero-order valence-electron chi connectivity index (χ0n) is 15.3. The van der Waals surface area contributed by atoms with Crippen LogP contribution in [0.4, 0.5) is 0 Å². The van der Waals surface area contributed by atoms with Crippen LogP contribution in [0, 0.1) is 0 Å². The molecule has 0 aromatic heterocycles. The van der Waals surface area contributed by atoms with Crippen LogP contribution in [0.1, 0.15) is 25.3 Å². The van der Waals surface area contributed by atoms with E-state index in [1.807, 2.05) is 19.6 Å². The van der Waals surface area contributed by atoms with E-state index in [1.165, 1.54) is 0 Å². The van der Waals surface area contributed by atoms with Gasteiger partial charge >= 0.3 is 0 Å². The van der Waals surface area contributed by atoms with Gasteiger partial charge in [-0.1, -0.05) is 39.7 Å². The number of carbonyl (C=O) groups is 2. The van der Waals surface area contributed by atoms with E-state index < -0.39 is 13.9 Å². The minimum Gasteiger partial charge on any atom is -0.538 e. The Labute approximate surface area is 168 Å². The van der Waals surface area contributed by atoms with Gasteiger partial charge in [0.2, 0.25) is 31.7 Å². The van der Waals surface area contributed by atoms with Gasteiger partial charge in [-0.2, -0.15) is 0 Å². The van der Waals surface area contributed by atoms with Gasteiger partial charge in [0.15, 0.2) is 5.60 Å². The van der Waals surface area contributed by atoms with Gasteiger partial charge in [0.05, 0.1) is 0 Å². The van der Waals surface area contributed by atoms with Crippen LogP contribution in [-0.2, 0) is 24.4 Å². The third-order valence-electron chi connectivity index (χ3n) is 3.75. The molecule has 1 atom stereocenters. The van der Waals surface area contributed by atoms with Crippen molar-refractivity contribution in [2.75, 3.05) is 5.33 Å². The van der Waals surface area contributed by atoms with Gasteiger partial charge in [0.1, 0.15) is 0 Å². The van der Waals surface area contributed by atoms with Crippen molar-refractivity contribution in [1.82, 2.24) is 5.32 Å². The van der Waals surface area contributed by atoms with E-state index in [1.54, 1.807) is 31.2 Å². The minimum atomic E-state index is -2.09. The summed E-state index contributed by atoms with van der Waals surface area (Å²) in [5.74, 6) is -0.342. The molecular formula is C18H23BrClNO4Si. The second kappa shape index (κ2) is 8.15. The fraction of sp³-hybridized carbons (Fsp3) is 0.444. The second-order valence-electron chi connectivity index (χ2n) is 7.18. The molecule has 26 heavy (non-hydrogen) atoms. The highest BCUT2D eigenvalue weighted by Gasteiger charge is 2.50. The summed E-state index contributed by atoms with van der Waals surface area (Å²) in [7, 11) is -2.09. The van der Waals surface area contributed by atoms with Crippen LogP contribution in [0.3, 0.4) is 0 Å². The average molecular weight is 461 g/mol. The maximum atomic E-state index is 13.1. The molecule has 1 heterocycles. The van der Waals surface area contributed by atoms with Crippen LogP contribution in [0.15, 0.2) is 35.9 Å². The van der Waals surface area contributed by atoms with Crippen molar-refractivity contribution < 1.29 is 18.8 Å². The van der Waals surface area contributed by atoms with Crippen LogP contribution in [-0.4, -0.2) is 25.3 Å². The molecule has 1 amide bonds. The lowest BCUT2D eigenvalue weighted by molar-refractivity contribution is -0.132. The molecule has 142 valence electrons. The van der Waals surface area contributed by atoms with Crippen molar-refractivity contribution in [1.29, 1.82) is 0 Å². The normalized spacial score (nSPS) is 20.2. The molecule has 8 heteroatoms. The van der Waals surface area contributed by atoms with Crippen molar-refractivity contribution in [3.63, 3.8) is 0 Å². The van der Waals surface area contributed by atoms with Gasteiger partial charge in [-0.15, -0.1) is 0 Å². The summed E-state index contributed by atoms with van der Waals surface area (Å²) in [5, 5.41) is 3.99. The van der Waals surface area contributed by atoms with Crippen LogP contribution in [0.5, 0.6) is 0 Å². The van der Waals surface area contributed by atoms with E-state index in [2.05, 4.69) is 21.2 Å². The Kier molecular flexibility index (Phi) is 6.58. The summed E-state index contributed by atoms with van der Waals surface area (Å²) in [6, 6.07) is 6.87. The largest absolute Gasteiger partial charge is 0.538 e. The number of nitrogens with one attached hydrogen (secondary N) is 1. The standard InChI is InChI=1S/C18H23BrClNO4Si/c1-18(12-7-9-13(20)10-8-12)16(23)15(25-26(2,3)4)17(24-18)21-14(22)6-5-11-19/h7-10H,5-6,11H2,1-4H3,(H,21,22). The number of benzene rings is 1. The number of amides is 1. The average Bonchev–Trinajstić information content (AvgIpc) is 2.77. The van der Waals surface area contributed by atoms with Crippen molar-refractivity contribution in [2.24, 2.45) is 0 Å². The van der Waals surface area contributed by atoms with Crippen LogP contribution in [0.25, 0.3) is 0 Å². The lowest BCUT2D eigenvalue weighted by atomic mass is 9.92. The number of alkyl halides is 1. The first-order valence-electron chi connectivity index (χ1n) is 8.36. The molecule has 0 saturated carbocycles. The van der Waals surface area contributed by atoms with Gasteiger partial charge in [-0.3, -0.25) is 14.9 Å². The topological polar surface area (TPSA) is 64.6 Å². The summed E-state index contributed by atoms with van der Waals surface area (Å²) in [5.41, 5.74) is -0.620. The van der Waals surface area contributed by atoms with Gasteiger partial charge < -0.3 is 9.16 Å². The zero-order valence-corrected chi connectivity index (χ0v) is 18.7. The smallest absolute Gasteiger partial charge is 0.249 e. The molecule has 1 unspecified atom stereocenters. The molecule has 1 aliphatic heterocycles. The molecule has 1 aromatic rings. The SMILES string of the molecule is CC1(c2ccc(Cl)cc2)OC(NC(=O)CCCBr)=C(O[Si](C)(C)C)C1=O. The highest BCUT2D eigenvalue weighted by atomic mass is 79.9. The summed E-state index contributed by atoms with van der Waals surface area (Å²) in [4.78, 5) is 25.3. The number of carbonyl (C=O) groups excluding carboxylic acids is 2. The fourth-order valence-electron chi connectivity index (χ4n) is 2.47. The molecule has 0 bridgehead atoms. The first kappa shape index (κ1) is 21.0. The van der Waals surface area contributed by atoms with Crippen molar-refractivity contribution in [3.8, 4) is 0 Å². The van der Waals surface area contributed by atoms with Gasteiger partial charge in [0.25, 0.3) is 0 Å². The van der Waals surface area contributed by atoms with Gasteiger partial charge in [0, 0.05) is 22.3 Å². The van der Waals surface area contributed by atoms with Crippen molar-refractivity contribution in [3.05, 3.63) is 46.5 Å². The highest BCUT2D eigenvalue weighted by molar-refractivity contribution is 9.09. The molecule has 1 aliphatic rings. The molecule has 1 N–H and O–H groups in total. The first-order valence-corrected chi connectivity index (χ1v) is 13.3. The number of Topliss-reactive ketones (excluding diaryl/α,β-unsaturated/α-hetero) is 1. The van der Waals surface area contributed by atoms with Gasteiger partial charge in [-0.05, 0) is 45.1 Å². The van der Waals surface area contributed by atoms with E-state index in [0.717, 1.165) is 5.33 Å². The molecule has 0 radical (unpaired) electrons. The Morgan fingerprint density at radius 1 is 1.31 bits per heavy atom. The Balaban J connectivity index is 2.34. The van der Waals surface area contributed by atoms with E-state index in [-0.39, 0.29) is 23.3 Å². The molecule has 0 saturated heterocycles. The van der Waals surface area contributed by atoms with Crippen LogP contribution < -0.4 is 5.32 Å². The Bertz CT molecular complexity index is 730. The number of ether oxygens (including phenoxy) is 1. The molecule has 2 rings (SSSR count). The first-order chi connectivity index (χ1) is 12.1. The molecule has 1 aromatic carbocycles. The summed E-state index contributed by atoms with van der Waals surface area (Å²) in [6.07, 6.45) is 1.01. The third-order valence-corrected chi connectivity index (χ3v) is 5.37. The number of ketones is 1. The minimum absolute atomic E-state index is 0.0915. The number of hydrogen-bond donors (Lipinski definition) is 1. The summed E-state index contributed by atoms with van der Waals surface area (Å²) in [6.45, 7) is 7.57. The maximum absolute atomic E-state index is 13.1. The van der Waals surface area contributed by atoms with E-state index in [9.17, 15) is 9.59 Å². The van der Waals surface area contributed by atoms with Crippen LogP contribution >= 0.6 is 27.5 Å². The Morgan fingerprint density at radius 3 is 2.46 bits per heavy atom. The van der Waals surface area contributed by atoms with Crippen molar-refractivity contribution >= 4 is 47.5 Å². The molecule has 0 aliphatic carbocycles. The highest BCUT2D eigenvalue weighted by Crippen LogP contribution is 2.39. The number of hydrogen-bond acceptors (Lipinski definition) is 4. The fourth-order valence-corrected chi connectivity index (χ4v) is 3.68. The quantitative estimate of drug-likeness (QED) is 0.482. The maximum Gasteiger partial charge on any atom is 0.249 e. The number of rotatable bonds is 7. The molecule has 0 spiro atoms. The predicted molar refractivity (Wildman–Crippen MR) is 108 cm³/mol. The molecule has 5 nitrogen and oxygen atoms in total. The lowest BCUT2D eigenvalue weighted by Crippen LogP contribution is -2.34. The Hall–Kier alpha value is -1.31. The van der Waals surface area contributed by atoms with Crippen LogP contribution in [0.2, 0.25) is 24.7 Å². The third kappa shape index (κ3) is 4.90. The monoisotopic (exact) mass is 459 g/mol. The van der Waals surface area contributed by atoms with Crippen molar-refractivity contribution in [2.45, 2.75) is 45.0 Å². The van der Waals surface area contributed by atoms with E-state index in [4.69, 9.17) is 20.8 Å². The van der Waals surface area contributed by atoms with Gasteiger partial charge in [-0.25, -0.2) is 0 Å². The molecular weight excluding hydrogens is 438 g/mol. The Morgan fingerprint density at radius 2 is 1.92 bits per heavy atom. The van der Waals surface area contributed by atoms with E-state index >= 15 is 0 Å². The lowest BCUT2D eigenvalue weighted by Gasteiger charge is -2.24. The molecule has 0 fully saturated rings. The summed E-state index contributed by atoms with van der Waals surface area (Å²) >= 11 is 9.24. The zero-order chi connectivity index (χ0) is 19.5. The number of halogens is 2. The summed E-state index contributed by atoms with van der Waals surface area (Å²) < 4.78 is 11.9. The van der Waals surface area contributed by atoms with E-state index in [0.29, 0.717) is 23.4 Å². The predicted octanol–water partition coefficient (Wildman–Crippen LogP) is 4.47. The second-order valence-corrected chi connectivity index (χ2v) is 12.8.